The molecule has 1 fully saturated rings. The molecule has 2 aliphatic heterocycles. The number of fused-ring (bicyclic) bond motifs is 2. The van der Waals surface area contributed by atoms with E-state index in [0.717, 1.165) is 37.3 Å². The highest BCUT2D eigenvalue weighted by Gasteiger charge is 2.42. The van der Waals surface area contributed by atoms with Crippen molar-refractivity contribution in [1.29, 1.82) is 0 Å². The lowest BCUT2D eigenvalue weighted by Gasteiger charge is -2.40. The number of nitrogens with zero attached hydrogens (tertiary/aromatic N) is 2. The zero-order valence-corrected chi connectivity index (χ0v) is 14.0. The van der Waals surface area contributed by atoms with Gasteiger partial charge in [0.05, 0.1) is 17.0 Å². The highest BCUT2D eigenvalue weighted by Crippen LogP contribution is 2.37. The topological polar surface area (TPSA) is 112 Å². The Morgan fingerprint density at radius 3 is 3.00 bits per heavy atom. The Hall–Kier alpha value is -2.74. The molecule has 2 aromatic rings. The molecule has 1 atom stereocenters. The van der Waals surface area contributed by atoms with Crippen molar-refractivity contribution in [3.05, 3.63) is 29.6 Å². The number of anilines is 1. The van der Waals surface area contributed by atoms with Gasteiger partial charge in [-0.05, 0) is 31.5 Å². The fourth-order valence-electron chi connectivity index (χ4n) is 3.68. The number of hydrogen-bond donors (Lipinski definition) is 4. The molecule has 0 bridgehead atoms. The van der Waals surface area contributed by atoms with Gasteiger partial charge in [-0.1, -0.05) is 0 Å². The molecule has 8 nitrogen and oxygen atoms in total. The van der Waals surface area contributed by atoms with Gasteiger partial charge in [-0.2, -0.15) is 0 Å². The summed E-state index contributed by atoms with van der Waals surface area (Å²) < 4.78 is 0. The number of nitrogens with one attached hydrogen (secondary N) is 4. The molecule has 8 heteroatoms. The van der Waals surface area contributed by atoms with Gasteiger partial charge in [0.25, 0.3) is 5.91 Å². The standard InChI is InChI=1S/C17H20N6O2/c1-10(24)21-16-19-6-3-12(23-16)13-7-11-14(22-13)17(9-20-15(11)25)4-2-5-18-8-17/h3,6-7,18,22H,2,4-5,8-9H2,1H3,(H,20,25)(H,19,21,23,24). The molecule has 0 aliphatic carbocycles. The third-order valence-corrected chi connectivity index (χ3v) is 4.87. The highest BCUT2D eigenvalue weighted by molar-refractivity contribution is 5.98. The number of amides is 2. The summed E-state index contributed by atoms with van der Waals surface area (Å²) in [6, 6.07) is 3.59. The van der Waals surface area contributed by atoms with Crippen LogP contribution in [-0.2, 0) is 10.2 Å². The molecule has 1 saturated heterocycles. The number of hydrogen-bond acceptors (Lipinski definition) is 5. The van der Waals surface area contributed by atoms with Crippen LogP contribution in [0, 0.1) is 0 Å². The molecule has 2 aromatic heterocycles. The lowest BCUT2D eigenvalue weighted by Crippen LogP contribution is -2.54. The van der Waals surface area contributed by atoms with Crippen LogP contribution < -0.4 is 16.0 Å². The van der Waals surface area contributed by atoms with Crippen LogP contribution in [0.4, 0.5) is 5.95 Å². The van der Waals surface area contributed by atoms with E-state index < -0.39 is 0 Å². The Labute approximate surface area is 144 Å². The average Bonchev–Trinajstić information content (AvgIpc) is 3.06. The van der Waals surface area contributed by atoms with Crippen molar-refractivity contribution in [3.8, 4) is 11.4 Å². The van der Waals surface area contributed by atoms with Crippen molar-refractivity contribution in [3.63, 3.8) is 0 Å². The third-order valence-electron chi connectivity index (χ3n) is 4.87. The fraction of sp³-hybridized carbons (Fsp3) is 0.412. The van der Waals surface area contributed by atoms with E-state index >= 15 is 0 Å². The zero-order chi connectivity index (χ0) is 17.4. The SMILES string of the molecule is CC(=O)Nc1nccc(-c2cc3c([nH]2)C2(CCCNC2)CNC3=O)n1. The van der Waals surface area contributed by atoms with E-state index in [1.54, 1.807) is 12.3 Å². The second-order valence-corrected chi connectivity index (χ2v) is 6.66. The molecule has 4 rings (SSSR count). The Morgan fingerprint density at radius 2 is 2.24 bits per heavy atom. The maximum atomic E-state index is 12.3. The van der Waals surface area contributed by atoms with E-state index in [1.165, 1.54) is 6.92 Å². The first-order valence-corrected chi connectivity index (χ1v) is 8.41. The molecule has 1 unspecified atom stereocenters. The predicted molar refractivity (Wildman–Crippen MR) is 92.2 cm³/mol. The van der Waals surface area contributed by atoms with Gasteiger partial charge in [0, 0.05) is 37.3 Å². The summed E-state index contributed by atoms with van der Waals surface area (Å²) in [4.78, 5) is 35.4. The van der Waals surface area contributed by atoms with Gasteiger partial charge in [0.1, 0.15) is 0 Å². The molecule has 25 heavy (non-hydrogen) atoms. The first-order chi connectivity index (χ1) is 12.1. The van der Waals surface area contributed by atoms with Gasteiger partial charge < -0.3 is 15.6 Å². The number of aromatic amines is 1. The summed E-state index contributed by atoms with van der Waals surface area (Å²) in [5.41, 5.74) is 2.93. The molecule has 2 aliphatic rings. The number of piperidine rings is 1. The van der Waals surface area contributed by atoms with Crippen LogP contribution >= 0.6 is 0 Å². The molecular weight excluding hydrogens is 320 g/mol. The van der Waals surface area contributed by atoms with Gasteiger partial charge in [-0.15, -0.1) is 0 Å². The smallest absolute Gasteiger partial charge is 0.253 e. The summed E-state index contributed by atoms with van der Waals surface area (Å²) in [5.74, 6) is -0.0459. The van der Waals surface area contributed by atoms with Gasteiger partial charge in [-0.3, -0.25) is 14.9 Å². The predicted octanol–water partition coefficient (Wildman–Crippen LogP) is 0.795. The summed E-state index contributed by atoms with van der Waals surface area (Å²) >= 11 is 0. The van der Waals surface area contributed by atoms with Crippen LogP contribution in [0.5, 0.6) is 0 Å². The minimum Gasteiger partial charge on any atom is -0.356 e. The monoisotopic (exact) mass is 340 g/mol. The van der Waals surface area contributed by atoms with Gasteiger partial charge >= 0.3 is 0 Å². The number of aromatic nitrogens is 3. The van der Waals surface area contributed by atoms with E-state index in [2.05, 4.69) is 30.9 Å². The van der Waals surface area contributed by atoms with Gasteiger partial charge in [0.15, 0.2) is 0 Å². The van der Waals surface area contributed by atoms with E-state index in [9.17, 15) is 9.59 Å². The third kappa shape index (κ3) is 2.78. The van der Waals surface area contributed by atoms with Crippen molar-refractivity contribution in [2.75, 3.05) is 25.0 Å². The summed E-state index contributed by atoms with van der Waals surface area (Å²) in [5, 5.41) is 9.03. The van der Waals surface area contributed by atoms with Crippen molar-refractivity contribution >= 4 is 17.8 Å². The maximum absolute atomic E-state index is 12.3. The van der Waals surface area contributed by atoms with Crippen molar-refractivity contribution in [1.82, 2.24) is 25.6 Å². The van der Waals surface area contributed by atoms with E-state index in [1.807, 2.05) is 6.07 Å². The molecule has 0 radical (unpaired) electrons. The van der Waals surface area contributed by atoms with Crippen LogP contribution in [0.1, 0.15) is 35.8 Å². The minimum atomic E-state index is -0.227. The number of carbonyl (C=O) groups excluding carboxylic acids is 2. The Balaban J connectivity index is 1.75. The molecule has 4 heterocycles. The second-order valence-electron chi connectivity index (χ2n) is 6.66. The highest BCUT2D eigenvalue weighted by atomic mass is 16.2. The average molecular weight is 340 g/mol. The summed E-state index contributed by atoms with van der Waals surface area (Å²) in [6.07, 6.45) is 3.68. The lowest BCUT2D eigenvalue weighted by atomic mass is 9.74. The summed E-state index contributed by atoms with van der Waals surface area (Å²) in [7, 11) is 0. The van der Waals surface area contributed by atoms with E-state index in [0.29, 0.717) is 17.8 Å². The second kappa shape index (κ2) is 5.96. The number of H-pyrrole nitrogens is 1. The van der Waals surface area contributed by atoms with Crippen molar-refractivity contribution < 1.29 is 9.59 Å². The maximum Gasteiger partial charge on any atom is 0.253 e. The van der Waals surface area contributed by atoms with Crippen LogP contribution in [0.25, 0.3) is 11.4 Å². The molecule has 0 aromatic carbocycles. The van der Waals surface area contributed by atoms with Gasteiger partial charge in [0.2, 0.25) is 11.9 Å². The largest absolute Gasteiger partial charge is 0.356 e. The lowest BCUT2D eigenvalue weighted by molar-refractivity contribution is -0.114. The Kier molecular flexibility index (Phi) is 3.76. The fourth-order valence-corrected chi connectivity index (χ4v) is 3.68. The molecule has 2 amide bonds. The number of carbonyl (C=O) groups is 2. The first-order valence-electron chi connectivity index (χ1n) is 8.41. The quantitative estimate of drug-likeness (QED) is 0.646. The van der Waals surface area contributed by atoms with Crippen LogP contribution in [0.2, 0.25) is 0 Å². The van der Waals surface area contributed by atoms with E-state index in [4.69, 9.17) is 0 Å². The van der Waals surface area contributed by atoms with Crippen LogP contribution in [0.3, 0.4) is 0 Å². The van der Waals surface area contributed by atoms with Crippen molar-refractivity contribution in [2.45, 2.75) is 25.2 Å². The Bertz CT molecular complexity index is 837. The molecule has 130 valence electrons. The molecule has 1 spiro atoms. The van der Waals surface area contributed by atoms with Crippen LogP contribution in [-0.4, -0.2) is 46.4 Å². The minimum absolute atomic E-state index is 0.0650. The van der Waals surface area contributed by atoms with Crippen LogP contribution in [0.15, 0.2) is 18.3 Å². The Morgan fingerprint density at radius 1 is 1.36 bits per heavy atom. The normalized spacial score (nSPS) is 22.4. The molecule has 0 saturated carbocycles. The zero-order valence-electron chi connectivity index (χ0n) is 14.0. The van der Waals surface area contributed by atoms with Crippen molar-refractivity contribution in [2.24, 2.45) is 0 Å². The molecular formula is C17H20N6O2. The van der Waals surface area contributed by atoms with Gasteiger partial charge in [-0.25, -0.2) is 9.97 Å². The first kappa shape index (κ1) is 15.8. The molecule has 4 N–H and O–H groups in total. The summed E-state index contributed by atoms with van der Waals surface area (Å²) in [6.45, 7) is 3.88. The number of rotatable bonds is 2. The van der Waals surface area contributed by atoms with E-state index in [-0.39, 0.29) is 23.2 Å².